The van der Waals surface area contributed by atoms with Crippen molar-refractivity contribution in [2.75, 3.05) is 5.32 Å². The lowest BCUT2D eigenvalue weighted by atomic mass is 10.1. The normalized spacial score (nSPS) is 10.2. The van der Waals surface area contributed by atoms with E-state index in [0.29, 0.717) is 23.0 Å². The van der Waals surface area contributed by atoms with Crippen LogP contribution in [0.4, 0.5) is 5.13 Å². The predicted octanol–water partition coefficient (Wildman–Crippen LogP) is 2.76. The molecular weight excluding hydrogens is 258 g/mol. The van der Waals surface area contributed by atoms with Gasteiger partial charge in [-0.25, -0.2) is 0 Å². The van der Waals surface area contributed by atoms with Crippen molar-refractivity contribution in [2.24, 2.45) is 0 Å². The van der Waals surface area contributed by atoms with E-state index >= 15 is 0 Å². The molecule has 0 unspecified atom stereocenters. The molecule has 17 heavy (non-hydrogen) atoms. The van der Waals surface area contributed by atoms with Crippen LogP contribution in [0.2, 0.25) is 5.02 Å². The second kappa shape index (κ2) is 5.75. The molecule has 1 heterocycles. The van der Waals surface area contributed by atoms with Crippen LogP contribution in [0.1, 0.15) is 12.0 Å². The fourth-order valence-electron chi connectivity index (χ4n) is 1.36. The Morgan fingerprint density at radius 3 is 2.94 bits per heavy atom. The highest BCUT2D eigenvalue weighted by Gasteiger charge is 2.06. The Balaban J connectivity index is 1.86. The zero-order valence-corrected chi connectivity index (χ0v) is 10.5. The number of rotatable bonds is 4. The number of aromatic nitrogens is 2. The minimum absolute atomic E-state index is 0.0818. The van der Waals surface area contributed by atoms with Crippen molar-refractivity contribution >= 4 is 34.0 Å². The number of amides is 1. The van der Waals surface area contributed by atoms with Crippen molar-refractivity contribution < 1.29 is 4.79 Å². The summed E-state index contributed by atoms with van der Waals surface area (Å²) in [6.07, 6.45) is 0.994. The Morgan fingerprint density at radius 1 is 1.41 bits per heavy atom. The summed E-state index contributed by atoms with van der Waals surface area (Å²) in [7, 11) is 0. The third kappa shape index (κ3) is 3.51. The lowest BCUT2D eigenvalue weighted by Crippen LogP contribution is -2.12. The summed E-state index contributed by atoms with van der Waals surface area (Å²) in [6, 6.07) is 7.51. The number of anilines is 1. The van der Waals surface area contributed by atoms with Crippen molar-refractivity contribution in [1.82, 2.24) is 10.2 Å². The Kier molecular flexibility index (Phi) is 4.06. The van der Waals surface area contributed by atoms with E-state index in [2.05, 4.69) is 15.5 Å². The molecule has 0 spiro atoms. The molecule has 0 aliphatic heterocycles. The monoisotopic (exact) mass is 267 g/mol. The number of nitrogens with zero attached hydrogens (tertiary/aromatic N) is 2. The van der Waals surface area contributed by atoms with Crippen LogP contribution in [-0.4, -0.2) is 16.1 Å². The first-order chi connectivity index (χ1) is 8.25. The Bertz CT molecular complexity index is 501. The lowest BCUT2D eigenvalue weighted by Gasteiger charge is -2.03. The van der Waals surface area contributed by atoms with Gasteiger partial charge in [-0.05, 0) is 18.1 Å². The standard InChI is InChI=1S/C11H10ClN3OS/c12-9-4-2-1-3-8(9)5-6-10(16)14-11-15-13-7-17-11/h1-4,7H,5-6H2,(H,14,15,16). The van der Waals surface area contributed by atoms with E-state index in [1.54, 1.807) is 5.51 Å². The summed E-state index contributed by atoms with van der Waals surface area (Å²) in [6.45, 7) is 0. The molecule has 1 amide bonds. The maximum atomic E-state index is 11.6. The largest absolute Gasteiger partial charge is 0.301 e. The van der Waals surface area contributed by atoms with Crippen molar-refractivity contribution in [3.63, 3.8) is 0 Å². The van der Waals surface area contributed by atoms with E-state index in [4.69, 9.17) is 11.6 Å². The van der Waals surface area contributed by atoms with Crippen LogP contribution in [0, 0.1) is 0 Å². The average Bonchev–Trinajstić information content (AvgIpc) is 2.81. The van der Waals surface area contributed by atoms with Gasteiger partial charge in [0.1, 0.15) is 5.51 Å². The molecule has 0 radical (unpaired) electrons. The molecule has 1 aromatic carbocycles. The van der Waals surface area contributed by atoms with E-state index in [9.17, 15) is 4.79 Å². The number of carbonyl (C=O) groups is 1. The summed E-state index contributed by atoms with van der Waals surface area (Å²) in [5, 5.41) is 11.3. The predicted molar refractivity (Wildman–Crippen MR) is 68.3 cm³/mol. The third-order valence-corrected chi connectivity index (χ3v) is 3.16. The lowest BCUT2D eigenvalue weighted by molar-refractivity contribution is -0.116. The van der Waals surface area contributed by atoms with E-state index in [1.165, 1.54) is 11.3 Å². The van der Waals surface area contributed by atoms with Gasteiger partial charge in [-0.3, -0.25) is 4.79 Å². The van der Waals surface area contributed by atoms with Gasteiger partial charge in [-0.15, -0.1) is 10.2 Å². The molecule has 2 rings (SSSR count). The maximum Gasteiger partial charge on any atom is 0.226 e. The van der Waals surface area contributed by atoms with Gasteiger partial charge in [0, 0.05) is 11.4 Å². The molecule has 88 valence electrons. The number of benzene rings is 1. The molecule has 1 N–H and O–H groups in total. The van der Waals surface area contributed by atoms with Gasteiger partial charge in [-0.2, -0.15) is 0 Å². The summed E-state index contributed by atoms with van der Waals surface area (Å²) < 4.78 is 0. The maximum absolute atomic E-state index is 11.6. The van der Waals surface area contributed by atoms with Crippen LogP contribution in [0.5, 0.6) is 0 Å². The van der Waals surface area contributed by atoms with Crippen molar-refractivity contribution in [3.8, 4) is 0 Å². The van der Waals surface area contributed by atoms with Crippen LogP contribution < -0.4 is 5.32 Å². The van der Waals surface area contributed by atoms with Gasteiger partial charge in [0.15, 0.2) is 0 Å². The molecule has 0 saturated heterocycles. The first kappa shape index (κ1) is 12.0. The second-order valence-electron chi connectivity index (χ2n) is 3.38. The van der Waals surface area contributed by atoms with Gasteiger partial charge >= 0.3 is 0 Å². The molecule has 0 aliphatic rings. The first-order valence-electron chi connectivity index (χ1n) is 5.05. The molecule has 2 aromatic rings. The van der Waals surface area contributed by atoms with Crippen molar-refractivity contribution in [2.45, 2.75) is 12.8 Å². The van der Waals surface area contributed by atoms with E-state index in [1.807, 2.05) is 24.3 Å². The number of carbonyl (C=O) groups excluding carboxylic acids is 1. The van der Waals surface area contributed by atoms with E-state index in [0.717, 1.165) is 5.56 Å². The number of nitrogens with one attached hydrogen (secondary N) is 1. The number of halogens is 1. The Hall–Kier alpha value is -1.46. The summed E-state index contributed by atoms with van der Waals surface area (Å²) in [5.74, 6) is -0.0818. The first-order valence-corrected chi connectivity index (χ1v) is 6.31. The van der Waals surface area contributed by atoms with Crippen molar-refractivity contribution in [1.29, 1.82) is 0 Å². The Labute approximate surface area is 108 Å². The van der Waals surface area contributed by atoms with E-state index < -0.39 is 0 Å². The molecule has 0 atom stereocenters. The minimum Gasteiger partial charge on any atom is -0.301 e. The topological polar surface area (TPSA) is 54.9 Å². The summed E-state index contributed by atoms with van der Waals surface area (Å²) >= 11 is 7.29. The molecule has 1 aromatic heterocycles. The molecule has 0 bridgehead atoms. The molecule has 6 heteroatoms. The fraction of sp³-hybridized carbons (Fsp3) is 0.182. The molecule has 0 fully saturated rings. The number of hydrogen-bond donors (Lipinski definition) is 1. The Morgan fingerprint density at radius 2 is 2.24 bits per heavy atom. The van der Waals surface area contributed by atoms with Crippen LogP contribution in [-0.2, 0) is 11.2 Å². The van der Waals surface area contributed by atoms with Gasteiger partial charge < -0.3 is 5.32 Å². The molecule has 0 aliphatic carbocycles. The van der Waals surface area contributed by atoms with Gasteiger partial charge in [0.05, 0.1) is 0 Å². The smallest absolute Gasteiger partial charge is 0.226 e. The fourth-order valence-corrected chi connectivity index (χ4v) is 2.05. The molecule has 0 saturated carbocycles. The highest BCUT2D eigenvalue weighted by molar-refractivity contribution is 7.13. The summed E-state index contributed by atoms with van der Waals surface area (Å²) in [4.78, 5) is 11.6. The minimum atomic E-state index is -0.0818. The van der Waals surface area contributed by atoms with Crippen LogP contribution in [0.3, 0.4) is 0 Å². The van der Waals surface area contributed by atoms with Gasteiger partial charge in [0.25, 0.3) is 0 Å². The van der Waals surface area contributed by atoms with Crippen LogP contribution >= 0.6 is 22.9 Å². The highest BCUT2D eigenvalue weighted by atomic mass is 35.5. The third-order valence-electron chi connectivity index (χ3n) is 2.19. The average molecular weight is 268 g/mol. The van der Waals surface area contributed by atoms with Gasteiger partial charge in [-0.1, -0.05) is 41.1 Å². The van der Waals surface area contributed by atoms with Crippen molar-refractivity contribution in [3.05, 3.63) is 40.4 Å². The van der Waals surface area contributed by atoms with Gasteiger partial charge in [0.2, 0.25) is 11.0 Å². The highest BCUT2D eigenvalue weighted by Crippen LogP contribution is 2.17. The SMILES string of the molecule is O=C(CCc1ccccc1Cl)Nc1nncs1. The van der Waals surface area contributed by atoms with Crippen LogP contribution in [0.15, 0.2) is 29.8 Å². The number of aryl methyl sites for hydroxylation is 1. The molecular formula is C11H10ClN3OS. The van der Waals surface area contributed by atoms with E-state index in [-0.39, 0.29) is 5.91 Å². The van der Waals surface area contributed by atoms with Crippen LogP contribution in [0.25, 0.3) is 0 Å². The molecule has 4 nitrogen and oxygen atoms in total. The quantitative estimate of drug-likeness (QED) is 0.927. The zero-order valence-electron chi connectivity index (χ0n) is 8.89. The zero-order chi connectivity index (χ0) is 12.1. The second-order valence-corrected chi connectivity index (χ2v) is 4.62. The summed E-state index contributed by atoms with van der Waals surface area (Å²) in [5.41, 5.74) is 2.55. The number of hydrogen-bond acceptors (Lipinski definition) is 4.